The van der Waals surface area contributed by atoms with Crippen molar-refractivity contribution in [2.24, 2.45) is 16.7 Å². The molecule has 4 rings (SSSR count). The minimum absolute atomic E-state index is 0.00874. The summed E-state index contributed by atoms with van der Waals surface area (Å²) < 4.78 is 18.0. The molecule has 2 fully saturated rings. The molecular formula is C26H40N4O6. The van der Waals surface area contributed by atoms with Crippen molar-refractivity contribution < 1.29 is 28.6 Å². The number of carbonyl (C=O) groups excluding carboxylic acids is 3. The topological polar surface area (TPSA) is 112 Å². The third-order valence-corrected chi connectivity index (χ3v) is 7.89. The van der Waals surface area contributed by atoms with Crippen molar-refractivity contribution in [2.75, 3.05) is 46.6 Å². The highest BCUT2D eigenvalue weighted by Crippen LogP contribution is 2.39. The van der Waals surface area contributed by atoms with E-state index in [9.17, 15) is 14.4 Å². The maximum Gasteiger partial charge on any atom is 0.409 e. The maximum absolute atomic E-state index is 13.1. The van der Waals surface area contributed by atoms with Crippen LogP contribution in [0.3, 0.4) is 0 Å². The lowest BCUT2D eigenvalue weighted by Crippen LogP contribution is -2.41. The standard InChI is InChI=1S/C26H40N4O6/c1-5-30-21-19(14-26(16-27-22(21)31)8-12-35-13-9-26)20(28-30)15-25(2,3)17-36-23(32)18-6-10-29(11-7-18)24(33)34-4/h18H,5-17H2,1-4H3,(H,27,31). The van der Waals surface area contributed by atoms with E-state index in [2.05, 4.69) is 19.2 Å². The van der Waals surface area contributed by atoms with Crippen LogP contribution in [0, 0.1) is 16.7 Å². The molecule has 0 saturated carbocycles. The number of carbonyl (C=O) groups is 3. The first-order valence-corrected chi connectivity index (χ1v) is 13.1. The summed E-state index contributed by atoms with van der Waals surface area (Å²) in [5.41, 5.74) is 2.26. The highest BCUT2D eigenvalue weighted by molar-refractivity contribution is 5.94. The van der Waals surface area contributed by atoms with Crippen LogP contribution in [0.25, 0.3) is 0 Å². The predicted molar refractivity (Wildman–Crippen MR) is 132 cm³/mol. The van der Waals surface area contributed by atoms with Gasteiger partial charge in [0.1, 0.15) is 5.69 Å². The fraction of sp³-hybridized carbons (Fsp3) is 0.769. The minimum atomic E-state index is -0.357. The predicted octanol–water partition coefficient (Wildman–Crippen LogP) is 2.58. The van der Waals surface area contributed by atoms with E-state index in [4.69, 9.17) is 19.3 Å². The molecule has 0 bridgehead atoms. The number of nitrogens with zero attached hydrogens (tertiary/aromatic N) is 3. The van der Waals surface area contributed by atoms with Gasteiger partial charge in [0.2, 0.25) is 0 Å². The van der Waals surface area contributed by atoms with Crippen molar-refractivity contribution in [2.45, 2.75) is 65.8 Å². The highest BCUT2D eigenvalue weighted by Gasteiger charge is 2.40. The Bertz CT molecular complexity index is 973. The quantitative estimate of drug-likeness (QED) is 0.593. The Kier molecular flexibility index (Phi) is 7.92. The summed E-state index contributed by atoms with van der Waals surface area (Å²) in [5.74, 6) is -0.489. The van der Waals surface area contributed by atoms with Crippen LogP contribution in [-0.4, -0.2) is 79.2 Å². The fourth-order valence-corrected chi connectivity index (χ4v) is 5.62. The van der Waals surface area contributed by atoms with Crippen molar-refractivity contribution in [3.05, 3.63) is 17.0 Å². The third kappa shape index (κ3) is 5.68. The molecule has 1 N–H and O–H groups in total. The molecule has 0 atom stereocenters. The van der Waals surface area contributed by atoms with E-state index < -0.39 is 0 Å². The summed E-state index contributed by atoms with van der Waals surface area (Å²) in [4.78, 5) is 39.1. The van der Waals surface area contributed by atoms with Crippen LogP contribution in [0.1, 0.15) is 68.2 Å². The van der Waals surface area contributed by atoms with Gasteiger partial charge in [-0.3, -0.25) is 14.3 Å². The first kappa shape index (κ1) is 26.4. The molecule has 4 heterocycles. The normalized spacial score (nSPS) is 20.4. The zero-order valence-corrected chi connectivity index (χ0v) is 22.1. The fourth-order valence-electron chi connectivity index (χ4n) is 5.62. The molecule has 1 aromatic heterocycles. The molecule has 10 nitrogen and oxygen atoms in total. The van der Waals surface area contributed by atoms with Gasteiger partial charge in [-0.05, 0) is 44.4 Å². The van der Waals surface area contributed by atoms with E-state index in [1.165, 1.54) is 7.11 Å². The van der Waals surface area contributed by atoms with Gasteiger partial charge in [0.15, 0.2) is 0 Å². The van der Waals surface area contributed by atoms with E-state index in [0.29, 0.717) is 64.3 Å². The molecule has 10 heteroatoms. The number of aryl methyl sites for hydroxylation is 1. The number of esters is 1. The summed E-state index contributed by atoms with van der Waals surface area (Å²) in [6, 6.07) is 0. The Hall–Kier alpha value is -2.62. The Morgan fingerprint density at radius 1 is 1.22 bits per heavy atom. The lowest BCUT2D eigenvalue weighted by molar-refractivity contribution is -0.153. The minimum Gasteiger partial charge on any atom is -0.465 e. The first-order chi connectivity index (χ1) is 17.2. The van der Waals surface area contributed by atoms with Crippen molar-refractivity contribution in [1.29, 1.82) is 0 Å². The van der Waals surface area contributed by atoms with E-state index in [1.54, 1.807) is 4.90 Å². The number of amides is 2. The second-order valence-electron chi connectivity index (χ2n) is 11.2. The molecule has 3 aliphatic rings. The number of methoxy groups -OCH3 is 1. The smallest absolute Gasteiger partial charge is 0.409 e. The van der Waals surface area contributed by atoms with Gasteiger partial charge in [-0.25, -0.2) is 4.79 Å². The number of rotatable bonds is 6. The average Bonchev–Trinajstić information content (AvgIpc) is 3.14. The van der Waals surface area contributed by atoms with Crippen molar-refractivity contribution in [1.82, 2.24) is 20.0 Å². The number of piperidine rings is 1. The van der Waals surface area contributed by atoms with E-state index in [-0.39, 0.29) is 41.3 Å². The van der Waals surface area contributed by atoms with Crippen LogP contribution < -0.4 is 5.32 Å². The third-order valence-electron chi connectivity index (χ3n) is 7.89. The molecule has 0 aromatic carbocycles. The molecular weight excluding hydrogens is 464 g/mol. The molecule has 2 saturated heterocycles. The monoisotopic (exact) mass is 504 g/mol. The zero-order valence-electron chi connectivity index (χ0n) is 22.1. The van der Waals surface area contributed by atoms with E-state index >= 15 is 0 Å². The van der Waals surface area contributed by atoms with Gasteiger partial charge in [0.05, 0.1) is 25.3 Å². The van der Waals surface area contributed by atoms with Crippen LogP contribution in [0.15, 0.2) is 0 Å². The van der Waals surface area contributed by atoms with E-state index in [1.807, 2.05) is 11.6 Å². The van der Waals surface area contributed by atoms with Crippen LogP contribution in [0.2, 0.25) is 0 Å². The number of fused-ring (bicyclic) bond motifs is 1. The molecule has 0 aliphatic carbocycles. The van der Waals surface area contributed by atoms with Crippen LogP contribution >= 0.6 is 0 Å². The molecule has 3 aliphatic heterocycles. The molecule has 0 unspecified atom stereocenters. The number of aromatic nitrogens is 2. The lowest BCUT2D eigenvalue weighted by Gasteiger charge is -2.36. The van der Waals surface area contributed by atoms with Crippen molar-refractivity contribution in [3.8, 4) is 0 Å². The van der Waals surface area contributed by atoms with Gasteiger partial charge in [0, 0.05) is 56.8 Å². The van der Waals surface area contributed by atoms with Crippen LogP contribution in [-0.2, 0) is 38.4 Å². The van der Waals surface area contributed by atoms with Gasteiger partial charge in [-0.15, -0.1) is 0 Å². The summed E-state index contributed by atoms with van der Waals surface area (Å²) in [6.07, 6.45) is 4.03. The molecule has 1 spiro atoms. The van der Waals surface area contributed by atoms with Crippen molar-refractivity contribution in [3.63, 3.8) is 0 Å². The molecule has 0 radical (unpaired) electrons. The van der Waals surface area contributed by atoms with Gasteiger partial charge >= 0.3 is 12.1 Å². The second-order valence-corrected chi connectivity index (χ2v) is 11.2. The number of likely N-dealkylation sites (tertiary alicyclic amines) is 1. The first-order valence-electron chi connectivity index (χ1n) is 13.1. The highest BCUT2D eigenvalue weighted by atomic mass is 16.5. The number of nitrogens with one attached hydrogen (secondary N) is 1. The molecule has 1 aromatic rings. The zero-order chi connectivity index (χ0) is 25.9. The average molecular weight is 505 g/mol. The SMILES string of the molecule is CCn1nc(CC(C)(C)COC(=O)C2CCN(C(=O)OC)CC2)c2c1C(=O)NCC1(CCOCC1)C2. The summed E-state index contributed by atoms with van der Waals surface area (Å²) in [7, 11) is 1.36. The van der Waals surface area contributed by atoms with Gasteiger partial charge in [-0.2, -0.15) is 5.10 Å². The Morgan fingerprint density at radius 3 is 2.56 bits per heavy atom. The van der Waals surface area contributed by atoms with Gasteiger partial charge in [-0.1, -0.05) is 13.8 Å². The summed E-state index contributed by atoms with van der Waals surface area (Å²) in [5, 5.41) is 8.00. The number of hydrogen-bond acceptors (Lipinski definition) is 7. The number of ether oxygens (including phenoxy) is 3. The Balaban J connectivity index is 1.43. The summed E-state index contributed by atoms with van der Waals surface area (Å²) in [6.45, 7) is 10.1. The largest absolute Gasteiger partial charge is 0.465 e. The van der Waals surface area contributed by atoms with Gasteiger partial charge in [0.25, 0.3) is 5.91 Å². The Morgan fingerprint density at radius 2 is 1.92 bits per heavy atom. The van der Waals surface area contributed by atoms with Crippen molar-refractivity contribution >= 4 is 18.0 Å². The second kappa shape index (κ2) is 10.8. The molecule has 2 amide bonds. The number of hydrogen-bond donors (Lipinski definition) is 1. The van der Waals surface area contributed by atoms with Crippen LogP contribution in [0.5, 0.6) is 0 Å². The summed E-state index contributed by atoms with van der Waals surface area (Å²) >= 11 is 0. The molecule has 200 valence electrons. The van der Waals surface area contributed by atoms with Gasteiger partial charge < -0.3 is 24.4 Å². The lowest BCUT2D eigenvalue weighted by atomic mass is 9.74. The van der Waals surface area contributed by atoms with Crippen LogP contribution in [0.4, 0.5) is 4.79 Å². The maximum atomic E-state index is 13.1. The van der Waals surface area contributed by atoms with E-state index in [0.717, 1.165) is 30.5 Å². The Labute approximate surface area is 213 Å². The molecule has 36 heavy (non-hydrogen) atoms.